The molecule has 2 nitrogen and oxygen atoms in total. The molecule has 0 unspecified atom stereocenters. The fourth-order valence-electron chi connectivity index (χ4n) is 2.58. The molecule has 0 aliphatic carbocycles. The van der Waals surface area contributed by atoms with E-state index in [1.54, 1.807) is 0 Å². The van der Waals surface area contributed by atoms with Crippen LogP contribution < -0.4 is 9.64 Å². The molecule has 1 aliphatic heterocycles. The van der Waals surface area contributed by atoms with Gasteiger partial charge in [0.2, 0.25) is 0 Å². The second kappa shape index (κ2) is 6.00. The van der Waals surface area contributed by atoms with Crippen LogP contribution in [0.25, 0.3) is 0 Å². The summed E-state index contributed by atoms with van der Waals surface area (Å²) >= 11 is 0. The van der Waals surface area contributed by atoms with Gasteiger partial charge in [0.15, 0.2) is 0 Å². The van der Waals surface area contributed by atoms with Gasteiger partial charge in [0.25, 0.3) is 0 Å². The summed E-state index contributed by atoms with van der Waals surface area (Å²) in [7, 11) is 0. The molecule has 2 aromatic rings. The van der Waals surface area contributed by atoms with E-state index in [0.29, 0.717) is 6.61 Å². The van der Waals surface area contributed by atoms with Crippen LogP contribution in [0, 0.1) is 6.92 Å². The standard InChI is InChI=1S/C18H21NO/c1-15-4-10-18(11-5-15)20-14-16-6-8-17(9-7-16)19-12-2-3-13-19/h4-11H,2-3,12-14H2,1H3. The van der Waals surface area contributed by atoms with Gasteiger partial charge >= 0.3 is 0 Å². The molecule has 0 radical (unpaired) electrons. The monoisotopic (exact) mass is 267 g/mol. The predicted octanol–water partition coefficient (Wildman–Crippen LogP) is 4.17. The van der Waals surface area contributed by atoms with Crippen molar-refractivity contribution in [3.05, 3.63) is 59.7 Å². The summed E-state index contributed by atoms with van der Waals surface area (Å²) in [5, 5.41) is 0. The molecule has 0 spiro atoms. The molecule has 0 saturated carbocycles. The van der Waals surface area contributed by atoms with Crippen LogP contribution >= 0.6 is 0 Å². The third-order valence-electron chi connectivity index (χ3n) is 3.83. The average molecular weight is 267 g/mol. The van der Waals surface area contributed by atoms with Crippen molar-refractivity contribution < 1.29 is 4.74 Å². The Morgan fingerprint density at radius 2 is 1.55 bits per heavy atom. The number of anilines is 1. The van der Waals surface area contributed by atoms with E-state index in [1.165, 1.54) is 42.7 Å². The van der Waals surface area contributed by atoms with E-state index >= 15 is 0 Å². The third-order valence-corrected chi connectivity index (χ3v) is 3.83. The van der Waals surface area contributed by atoms with E-state index in [-0.39, 0.29) is 0 Å². The zero-order valence-corrected chi connectivity index (χ0v) is 12.0. The first-order valence-electron chi connectivity index (χ1n) is 7.35. The van der Waals surface area contributed by atoms with Gasteiger partial charge in [0, 0.05) is 18.8 Å². The first-order valence-corrected chi connectivity index (χ1v) is 7.35. The van der Waals surface area contributed by atoms with E-state index in [4.69, 9.17) is 4.74 Å². The first-order chi connectivity index (χ1) is 9.81. The molecule has 0 atom stereocenters. The van der Waals surface area contributed by atoms with E-state index in [9.17, 15) is 0 Å². The van der Waals surface area contributed by atoms with Crippen molar-refractivity contribution in [2.75, 3.05) is 18.0 Å². The van der Waals surface area contributed by atoms with Gasteiger partial charge in [-0.2, -0.15) is 0 Å². The number of benzene rings is 2. The number of rotatable bonds is 4. The molecule has 3 rings (SSSR count). The van der Waals surface area contributed by atoms with Crippen LogP contribution in [0.4, 0.5) is 5.69 Å². The molecule has 1 aliphatic rings. The van der Waals surface area contributed by atoms with Gasteiger partial charge in [0.05, 0.1) is 0 Å². The molecule has 1 heterocycles. The van der Waals surface area contributed by atoms with Crippen molar-refractivity contribution >= 4 is 5.69 Å². The number of hydrogen-bond acceptors (Lipinski definition) is 2. The summed E-state index contributed by atoms with van der Waals surface area (Å²) < 4.78 is 5.80. The Kier molecular flexibility index (Phi) is 3.91. The molecule has 2 heteroatoms. The summed E-state index contributed by atoms with van der Waals surface area (Å²) in [6, 6.07) is 16.9. The van der Waals surface area contributed by atoms with Crippen LogP contribution in [0.2, 0.25) is 0 Å². The molecule has 0 amide bonds. The van der Waals surface area contributed by atoms with E-state index in [0.717, 1.165) is 5.75 Å². The fraction of sp³-hybridized carbons (Fsp3) is 0.333. The second-order valence-electron chi connectivity index (χ2n) is 5.46. The molecule has 1 saturated heterocycles. The quantitative estimate of drug-likeness (QED) is 0.824. The Labute approximate surface area is 121 Å². The predicted molar refractivity (Wildman–Crippen MR) is 83.4 cm³/mol. The van der Waals surface area contributed by atoms with Crippen molar-refractivity contribution in [2.24, 2.45) is 0 Å². The van der Waals surface area contributed by atoms with Crippen molar-refractivity contribution in [3.8, 4) is 5.75 Å². The van der Waals surface area contributed by atoms with E-state index < -0.39 is 0 Å². The summed E-state index contributed by atoms with van der Waals surface area (Å²) in [4.78, 5) is 2.45. The minimum absolute atomic E-state index is 0.628. The highest BCUT2D eigenvalue weighted by Crippen LogP contribution is 2.21. The Balaban J connectivity index is 1.59. The molecule has 20 heavy (non-hydrogen) atoms. The first kappa shape index (κ1) is 13.0. The normalized spacial score (nSPS) is 14.6. The zero-order chi connectivity index (χ0) is 13.8. The van der Waals surface area contributed by atoms with Gasteiger partial charge in [-0.3, -0.25) is 0 Å². The topological polar surface area (TPSA) is 12.5 Å². The Hall–Kier alpha value is -1.96. The molecular weight excluding hydrogens is 246 g/mol. The zero-order valence-electron chi connectivity index (χ0n) is 12.0. The largest absolute Gasteiger partial charge is 0.489 e. The molecule has 104 valence electrons. The fourth-order valence-corrected chi connectivity index (χ4v) is 2.58. The molecule has 1 fully saturated rings. The van der Waals surface area contributed by atoms with Crippen LogP contribution in [0.3, 0.4) is 0 Å². The van der Waals surface area contributed by atoms with Gasteiger partial charge in [-0.05, 0) is 49.6 Å². The number of hydrogen-bond donors (Lipinski definition) is 0. The lowest BCUT2D eigenvalue weighted by Crippen LogP contribution is -2.17. The minimum atomic E-state index is 0.628. The maximum absolute atomic E-state index is 5.80. The molecule has 0 aromatic heterocycles. The lowest BCUT2D eigenvalue weighted by Gasteiger charge is -2.17. The highest BCUT2D eigenvalue weighted by molar-refractivity contribution is 5.48. The number of aryl methyl sites for hydroxylation is 1. The number of ether oxygens (including phenoxy) is 1. The summed E-state index contributed by atoms with van der Waals surface area (Å²) in [6.45, 7) is 5.10. The third kappa shape index (κ3) is 3.13. The van der Waals surface area contributed by atoms with E-state index in [1.807, 2.05) is 12.1 Å². The minimum Gasteiger partial charge on any atom is -0.489 e. The summed E-state index contributed by atoms with van der Waals surface area (Å²) in [6.07, 6.45) is 2.64. The van der Waals surface area contributed by atoms with Crippen molar-refractivity contribution in [2.45, 2.75) is 26.4 Å². The number of nitrogens with zero attached hydrogens (tertiary/aromatic N) is 1. The van der Waals surface area contributed by atoms with Gasteiger partial charge < -0.3 is 9.64 Å². The Morgan fingerprint density at radius 3 is 2.20 bits per heavy atom. The SMILES string of the molecule is Cc1ccc(OCc2ccc(N3CCCC3)cc2)cc1. The second-order valence-corrected chi connectivity index (χ2v) is 5.46. The van der Waals surface area contributed by atoms with Crippen molar-refractivity contribution in [1.82, 2.24) is 0 Å². The maximum atomic E-state index is 5.80. The maximum Gasteiger partial charge on any atom is 0.119 e. The van der Waals surface area contributed by atoms with Crippen molar-refractivity contribution in [1.29, 1.82) is 0 Å². The lowest BCUT2D eigenvalue weighted by atomic mass is 10.2. The van der Waals surface area contributed by atoms with Crippen molar-refractivity contribution in [3.63, 3.8) is 0 Å². The van der Waals surface area contributed by atoms with E-state index in [2.05, 4.69) is 48.2 Å². The Bertz CT molecular complexity index is 539. The molecule has 2 aromatic carbocycles. The molecule has 0 N–H and O–H groups in total. The summed E-state index contributed by atoms with van der Waals surface area (Å²) in [5.74, 6) is 0.930. The van der Waals surface area contributed by atoms with Crippen LogP contribution in [0.15, 0.2) is 48.5 Å². The van der Waals surface area contributed by atoms with Crippen LogP contribution in [0.5, 0.6) is 5.75 Å². The van der Waals surface area contributed by atoms with Gasteiger partial charge in [-0.1, -0.05) is 29.8 Å². The highest BCUT2D eigenvalue weighted by atomic mass is 16.5. The Morgan fingerprint density at radius 1 is 0.900 bits per heavy atom. The van der Waals surface area contributed by atoms with Crippen LogP contribution in [-0.4, -0.2) is 13.1 Å². The van der Waals surface area contributed by atoms with Gasteiger partial charge in [-0.15, -0.1) is 0 Å². The molecular formula is C18H21NO. The van der Waals surface area contributed by atoms with Gasteiger partial charge in [-0.25, -0.2) is 0 Å². The van der Waals surface area contributed by atoms with Gasteiger partial charge in [0.1, 0.15) is 12.4 Å². The molecule has 0 bridgehead atoms. The smallest absolute Gasteiger partial charge is 0.119 e. The lowest BCUT2D eigenvalue weighted by molar-refractivity contribution is 0.306. The summed E-state index contributed by atoms with van der Waals surface area (Å²) in [5.41, 5.74) is 3.81. The van der Waals surface area contributed by atoms with Crippen LogP contribution in [-0.2, 0) is 6.61 Å². The highest BCUT2D eigenvalue weighted by Gasteiger charge is 2.11. The average Bonchev–Trinajstić information content (AvgIpc) is 3.01. The van der Waals surface area contributed by atoms with Crippen LogP contribution in [0.1, 0.15) is 24.0 Å².